The summed E-state index contributed by atoms with van der Waals surface area (Å²) in [6.45, 7) is -0.567. The van der Waals surface area contributed by atoms with Crippen molar-refractivity contribution in [2.75, 3.05) is 18.0 Å². The van der Waals surface area contributed by atoms with Gasteiger partial charge in [-0.1, -0.05) is 5.92 Å². The fraction of sp³-hybridized carbons (Fsp3) is 0.231. The minimum Gasteiger partial charge on any atom is -0.480 e. The molecule has 1 rings (SSSR count). The van der Waals surface area contributed by atoms with Crippen molar-refractivity contribution in [1.82, 2.24) is 0 Å². The van der Waals surface area contributed by atoms with Crippen molar-refractivity contribution in [2.24, 2.45) is 0 Å². The molecule has 1 N–H and O–H groups in total. The summed E-state index contributed by atoms with van der Waals surface area (Å²) >= 11 is 0. The molecular formula is C13H9F3N2O2. The molecule has 0 saturated heterocycles. The van der Waals surface area contributed by atoms with E-state index in [1.165, 1.54) is 11.0 Å². The van der Waals surface area contributed by atoms with Crippen LogP contribution in [0.4, 0.5) is 18.9 Å². The molecule has 0 aliphatic heterocycles. The van der Waals surface area contributed by atoms with Crippen LogP contribution in [0.1, 0.15) is 11.1 Å². The Kier molecular flexibility index (Phi) is 4.60. The number of hydrogen-bond acceptors (Lipinski definition) is 3. The van der Waals surface area contributed by atoms with Crippen LogP contribution in [-0.4, -0.2) is 24.2 Å². The Balaban J connectivity index is 3.24. The molecule has 0 aromatic heterocycles. The fourth-order valence-corrected chi connectivity index (χ4v) is 1.58. The van der Waals surface area contributed by atoms with Gasteiger partial charge in [0.1, 0.15) is 6.54 Å². The van der Waals surface area contributed by atoms with Crippen LogP contribution in [0, 0.1) is 23.7 Å². The number of halogens is 3. The number of terminal acetylenes is 1. The van der Waals surface area contributed by atoms with Crippen LogP contribution in [0.5, 0.6) is 0 Å². The van der Waals surface area contributed by atoms with Crippen LogP contribution in [0.3, 0.4) is 0 Å². The molecular weight excluding hydrogens is 273 g/mol. The van der Waals surface area contributed by atoms with Gasteiger partial charge < -0.3 is 10.0 Å². The number of anilines is 1. The Morgan fingerprint density at radius 3 is 2.55 bits per heavy atom. The summed E-state index contributed by atoms with van der Waals surface area (Å²) in [7, 11) is 0. The first-order chi connectivity index (χ1) is 9.29. The predicted octanol–water partition coefficient (Wildman–Crippen LogP) is 2.10. The molecule has 0 saturated carbocycles. The maximum Gasteiger partial charge on any atom is 0.417 e. The lowest BCUT2D eigenvalue weighted by Crippen LogP contribution is -2.30. The summed E-state index contributed by atoms with van der Waals surface area (Å²) < 4.78 is 37.9. The molecule has 7 heteroatoms. The van der Waals surface area contributed by atoms with Crippen molar-refractivity contribution in [1.29, 1.82) is 5.26 Å². The van der Waals surface area contributed by atoms with E-state index in [1.807, 2.05) is 0 Å². The molecule has 0 heterocycles. The molecule has 0 atom stereocenters. The van der Waals surface area contributed by atoms with Crippen LogP contribution in [0.15, 0.2) is 18.2 Å². The Morgan fingerprint density at radius 2 is 2.10 bits per heavy atom. The molecule has 0 bridgehead atoms. The monoisotopic (exact) mass is 282 g/mol. The molecule has 1 aromatic carbocycles. The number of alkyl halides is 3. The second-order valence-corrected chi connectivity index (χ2v) is 3.79. The van der Waals surface area contributed by atoms with E-state index in [2.05, 4.69) is 5.92 Å². The second kappa shape index (κ2) is 5.98. The van der Waals surface area contributed by atoms with E-state index in [-0.39, 0.29) is 12.2 Å². The highest BCUT2D eigenvalue weighted by atomic mass is 19.4. The van der Waals surface area contributed by atoms with Crippen molar-refractivity contribution >= 4 is 11.7 Å². The van der Waals surface area contributed by atoms with Crippen LogP contribution in [-0.2, 0) is 11.0 Å². The van der Waals surface area contributed by atoms with E-state index in [4.69, 9.17) is 16.8 Å². The first kappa shape index (κ1) is 15.4. The summed E-state index contributed by atoms with van der Waals surface area (Å²) in [4.78, 5) is 11.9. The molecule has 0 unspecified atom stereocenters. The van der Waals surface area contributed by atoms with Gasteiger partial charge >= 0.3 is 12.1 Å². The second-order valence-electron chi connectivity index (χ2n) is 3.79. The average molecular weight is 282 g/mol. The molecule has 104 valence electrons. The maximum atomic E-state index is 12.6. The van der Waals surface area contributed by atoms with Gasteiger partial charge in [0.25, 0.3) is 0 Å². The zero-order valence-electron chi connectivity index (χ0n) is 10.1. The van der Waals surface area contributed by atoms with Gasteiger partial charge in [-0.05, 0) is 18.2 Å². The lowest BCUT2D eigenvalue weighted by Gasteiger charge is -2.21. The zero-order valence-corrected chi connectivity index (χ0v) is 10.1. The average Bonchev–Trinajstić information content (AvgIpc) is 2.36. The molecule has 0 radical (unpaired) electrons. The van der Waals surface area contributed by atoms with E-state index in [0.717, 1.165) is 18.2 Å². The van der Waals surface area contributed by atoms with Gasteiger partial charge in [-0.3, -0.25) is 4.79 Å². The third-order valence-corrected chi connectivity index (χ3v) is 2.40. The number of carbonyl (C=O) groups is 1. The Bertz CT molecular complexity index is 597. The number of benzene rings is 1. The quantitative estimate of drug-likeness (QED) is 0.859. The van der Waals surface area contributed by atoms with Gasteiger partial charge in [-0.15, -0.1) is 6.42 Å². The topological polar surface area (TPSA) is 64.3 Å². The Hall–Kier alpha value is -2.67. The molecule has 20 heavy (non-hydrogen) atoms. The molecule has 0 amide bonds. The van der Waals surface area contributed by atoms with Gasteiger partial charge in [0.15, 0.2) is 0 Å². The maximum absolute atomic E-state index is 12.6. The lowest BCUT2D eigenvalue weighted by atomic mass is 10.1. The van der Waals surface area contributed by atoms with Crippen LogP contribution in [0.2, 0.25) is 0 Å². The molecule has 0 fully saturated rings. The van der Waals surface area contributed by atoms with Gasteiger partial charge in [0, 0.05) is 5.69 Å². The first-order valence-electron chi connectivity index (χ1n) is 5.31. The number of nitriles is 1. The number of carboxylic acid groups (broad SMARTS) is 1. The van der Waals surface area contributed by atoms with E-state index in [1.54, 1.807) is 0 Å². The minimum atomic E-state index is -4.65. The Morgan fingerprint density at radius 1 is 1.45 bits per heavy atom. The first-order valence-corrected chi connectivity index (χ1v) is 5.31. The van der Waals surface area contributed by atoms with Gasteiger partial charge in [-0.25, -0.2) is 0 Å². The van der Waals surface area contributed by atoms with E-state index in [0.29, 0.717) is 0 Å². The number of aliphatic carboxylic acids is 1. The van der Waals surface area contributed by atoms with Crippen LogP contribution in [0.25, 0.3) is 0 Å². The third-order valence-electron chi connectivity index (χ3n) is 2.40. The summed E-state index contributed by atoms with van der Waals surface area (Å²) in [5.41, 5.74) is -1.50. The highest BCUT2D eigenvalue weighted by molar-refractivity contribution is 5.74. The van der Waals surface area contributed by atoms with Gasteiger partial charge in [-0.2, -0.15) is 18.4 Å². The molecule has 4 nitrogen and oxygen atoms in total. The van der Waals surface area contributed by atoms with Crippen LogP contribution < -0.4 is 4.90 Å². The van der Waals surface area contributed by atoms with Crippen molar-refractivity contribution in [3.63, 3.8) is 0 Å². The smallest absolute Gasteiger partial charge is 0.417 e. The number of hydrogen-bond donors (Lipinski definition) is 1. The third kappa shape index (κ3) is 3.66. The SMILES string of the molecule is C#CCN(CC(=O)O)c1ccc(C(F)(F)F)c(C#N)c1. The van der Waals surface area contributed by atoms with Gasteiger partial charge in [0.05, 0.1) is 23.7 Å². The number of nitrogens with zero attached hydrogens (tertiary/aromatic N) is 2. The summed E-state index contributed by atoms with van der Waals surface area (Å²) in [6, 6.07) is 4.24. The molecule has 0 spiro atoms. The minimum absolute atomic E-state index is 0.0947. The summed E-state index contributed by atoms with van der Waals surface area (Å²) in [6.07, 6.45) is 0.437. The molecule has 0 aliphatic carbocycles. The summed E-state index contributed by atoms with van der Waals surface area (Å²) in [5.74, 6) is 1.03. The fourth-order valence-electron chi connectivity index (χ4n) is 1.58. The van der Waals surface area contributed by atoms with Crippen molar-refractivity contribution in [3.8, 4) is 18.4 Å². The Labute approximate surface area is 113 Å². The molecule has 0 aliphatic rings. The van der Waals surface area contributed by atoms with E-state index >= 15 is 0 Å². The predicted molar refractivity (Wildman–Crippen MR) is 64.8 cm³/mol. The van der Waals surface area contributed by atoms with Crippen molar-refractivity contribution in [2.45, 2.75) is 6.18 Å². The normalized spacial score (nSPS) is 10.4. The standard InChI is InChI=1S/C13H9F3N2O2/c1-2-5-18(8-12(19)20)10-3-4-11(13(14,15)16)9(6-10)7-17/h1,3-4,6H,5,8H2,(H,19,20). The highest BCUT2D eigenvalue weighted by Crippen LogP contribution is 2.33. The van der Waals surface area contributed by atoms with Crippen LogP contribution >= 0.6 is 0 Å². The van der Waals surface area contributed by atoms with Crippen molar-refractivity contribution < 1.29 is 23.1 Å². The lowest BCUT2D eigenvalue weighted by molar-refractivity contribution is -0.138. The largest absolute Gasteiger partial charge is 0.480 e. The molecule has 1 aromatic rings. The van der Waals surface area contributed by atoms with E-state index < -0.39 is 29.8 Å². The van der Waals surface area contributed by atoms with Gasteiger partial charge in [0.2, 0.25) is 0 Å². The van der Waals surface area contributed by atoms with Crippen molar-refractivity contribution in [3.05, 3.63) is 29.3 Å². The van der Waals surface area contributed by atoms with E-state index in [9.17, 15) is 18.0 Å². The highest BCUT2D eigenvalue weighted by Gasteiger charge is 2.33. The number of carboxylic acids is 1. The zero-order chi connectivity index (χ0) is 15.3. The summed E-state index contributed by atoms with van der Waals surface area (Å²) in [5, 5.41) is 17.5. The number of rotatable bonds is 4.